The average Bonchev–Trinajstić information content (AvgIpc) is 2.68. The number of alkyl halides is 3. The summed E-state index contributed by atoms with van der Waals surface area (Å²) in [6, 6.07) is 15.6. The van der Waals surface area contributed by atoms with Gasteiger partial charge in [-0.1, -0.05) is 42.5 Å². The molecule has 6 heteroatoms. The summed E-state index contributed by atoms with van der Waals surface area (Å²) >= 11 is 0. The van der Waals surface area contributed by atoms with Gasteiger partial charge in [-0.05, 0) is 36.1 Å². The van der Waals surface area contributed by atoms with Gasteiger partial charge in [0.2, 0.25) is 0 Å². The number of hydrogen-bond donors (Lipinski definition) is 0. The van der Waals surface area contributed by atoms with Crippen molar-refractivity contribution < 1.29 is 22.7 Å². The Morgan fingerprint density at radius 2 is 1.55 bits per heavy atom. The molecule has 2 atom stereocenters. The molecule has 0 N–H and O–H groups in total. The van der Waals surface area contributed by atoms with Gasteiger partial charge in [0.15, 0.2) is 0 Å². The van der Waals surface area contributed by atoms with E-state index in [1.165, 1.54) is 17.7 Å². The third-order valence-corrected chi connectivity index (χ3v) is 5.99. The minimum Gasteiger partial charge on any atom is -0.378 e. The number of nitrogens with zero attached hydrogens (tertiary/aromatic N) is 1. The Kier molecular flexibility index (Phi) is 5.74. The largest absolute Gasteiger partial charge is 0.416 e. The normalized spacial score (nSPS) is 25.0. The summed E-state index contributed by atoms with van der Waals surface area (Å²) in [4.78, 5) is 15.3. The Bertz CT molecular complexity index is 821. The monoisotopic (exact) mass is 403 g/mol. The summed E-state index contributed by atoms with van der Waals surface area (Å²) in [7, 11) is 0. The Balaban J connectivity index is 1.40. The molecule has 4 rings (SSSR count). The maximum Gasteiger partial charge on any atom is 0.416 e. The van der Waals surface area contributed by atoms with Gasteiger partial charge >= 0.3 is 6.18 Å². The van der Waals surface area contributed by atoms with Crippen molar-refractivity contribution in [3.8, 4) is 0 Å². The van der Waals surface area contributed by atoms with Gasteiger partial charge in [0.25, 0.3) is 0 Å². The standard InChI is InChI=1S/C23H24F3NO2/c24-23(25,26)19-8-6-16(7-9-19)10-22(28)18-11-20-14-29-15-21(12-18)27(20)13-17-4-2-1-3-5-17/h1-9,18,20-21H,10-15H2. The van der Waals surface area contributed by atoms with E-state index in [2.05, 4.69) is 17.0 Å². The Labute approximate surface area is 168 Å². The first-order valence-electron chi connectivity index (χ1n) is 9.96. The lowest BCUT2D eigenvalue weighted by Crippen LogP contribution is -2.57. The number of carbonyl (C=O) groups excluding carboxylic acids is 1. The number of morpholine rings is 1. The third kappa shape index (κ3) is 4.70. The molecule has 0 saturated carbocycles. The fraction of sp³-hybridized carbons (Fsp3) is 0.435. The predicted octanol–water partition coefficient (Wildman–Crippen LogP) is 4.50. The number of ether oxygens (including phenoxy) is 1. The Morgan fingerprint density at radius 1 is 0.931 bits per heavy atom. The van der Waals surface area contributed by atoms with E-state index in [4.69, 9.17) is 4.74 Å². The quantitative estimate of drug-likeness (QED) is 0.737. The zero-order chi connectivity index (χ0) is 20.4. The van der Waals surface area contributed by atoms with E-state index in [0.717, 1.165) is 31.5 Å². The fourth-order valence-corrected chi connectivity index (χ4v) is 4.46. The van der Waals surface area contributed by atoms with E-state index >= 15 is 0 Å². The SMILES string of the molecule is O=C(Cc1ccc(C(F)(F)F)cc1)C1CC2COCC(C1)N2Cc1ccccc1. The van der Waals surface area contributed by atoms with E-state index in [-0.39, 0.29) is 30.2 Å². The summed E-state index contributed by atoms with van der Waals surface area (Å²) in [5.74, 6) is 0.0456. The van der Waals surface area contributed by atoms with Gasteiger partial charge in [-0.2, -0.15) is 13.2 Å². The van der Waals surface area contributed by atoms with Crippen LogP contribution in [0, 0.1) is 5.92 Å². The predicted molar refractivity (Wildman–Crippen MR) is 103 cm³/mol. The van der Waals surface area contributed by atoms with Crippen LogP contribution in [0.5, 0.6) is 0 Å². The molecule has 2 saturated heterocycles. The lowest BCUT2D eigenvalue weighted by atomic mass is 9.80. The number of ketones is 1. The molecule has 154 valence electrons. The molecule has 2 aliphatic heterocycles. The van der Waals surface area contributed by atoms with Crippen molar-refractivity contribution in [3.05, 3.63) is 71.3 Å². The summed E-state index contributed by atoms with van der Waals surface area (Å²) in [6.07, 6.45) is -2.70. The zero-order valence-electron chi connectivity index (χ0n) is 16.1. The number of halogens is 3. The van der Waals surface area contributed by atoms with Crippen molar-refractivity contribution in [1.29, 1.82) is 0 Å². The van der Waals surface area contributed by atoms with Crippen LogP contribution in [0.2, 0.25) is 0 Å². The smallest absolute Gasteiger partial charge is 0.378 e. The lowest BCUT2D eigenvalue weighted by molar-refractivity contribution is -0.137. The first-order chi connectivity index (χ1) is 13.9. The Hall–Kier alpha value is -2.18. The second kappa shape index (κ2) is 8.28. The number of benzene rings is 2. The number of piperidine rings is 1. The van der Waals surface area contributed by atoms with E-state index in [0.29, 0.717) is 18.8 Å². The molecule has 0 aliphatic carbocycles. The van der Waals surface area contributed by atoms with Crippen molar-refractivity contribution in [3.63, 3.8) is 0 Å². The highest BCUT2D eigenvalue weighted by Crippen LogP contribution is 2.34. The van der Waals surface area contributed by atoms with Crippen LogP contribution in [-0.2, 0) is 28.7 Å². The third-order valence-electron chi connectivity index (χ3n) is 5.99. The zero-order valence-corrected chi connectivity index (χ0v) is 16.1. The van der Waals surface area contributed by atoms with Crippen LogP contribution in [0.3, 0.4) is 0 Å². The maximum absolute atomic E-state index is 12.9. The highest BCUT2D eigenvalue weighted by atomic mass is 19.4. The molecule has 0 aromatic heterocycles. The molecule has 2 aromatic rings. The molecule has 2 bridgehead atoms. The van der Waals surface area contributed by atoms with Crippen LogP contribution in [0.4, 0.5) is 13.2 Å². The van der Waals surface area contributed by atoms with Gasteiger partial charge in [0.1, 0.15) is 5.78 Å². The van der Waals surface area contributed by atoms with Crippen LogP contribution in [-0.4, -0.2) is 36.0 Å². The summed E-state index contributed by atoms with van der Waals surface area (Å²) in [6.45, 7) is 2.08. The van der Waals surface area contributed by atoms with Crippen LogP contribution in [0.15, 0.2) is 54.6 Å². The molecule has 0 amide bonds. The minimum atomic E-state index is -4.36. The molecule has 0 radical (unpaired) electrons. The molecule has 2 aromatic carbocycles. The van der Waals surface area contributed by atoms with Gasteiger partial charge < -0.3 is 4.74 Å². The first-order valence-corrected chi connectivity index (χ1v) is 9.96. The summed E-state index contributed by atoms with van der Waals surface area (Å²) < 4.78 is 43.9. The second-order valence-electron chi connectivity index (χ2n) is 8.01. The number of fused-ring (bicyclic) bond motifs is 2. The van der Waals surface area contributed by atoms with E-state index < -0.39 is 11.7 Å². The van der Waals surface area contributed by atoms with Crippen LogP contribution < -0.4 is 0 Å². The first kappa shape index (κ1) is 20.1. The van der Waals surface area contributed by atoms with Crippen LogP contribution in [0.1, 0.15) is 29.5 Å². The Morgan fingerprint density at radius 3 is 2.14 bits per heavy atom. The van der Waals surface area contributed by atoms with E-state index in [9.17, 15) is 18.0 Å². The molecule has 0 spiro atoms. The van der Waals surface area contributed by atoms with Gasteiger partial charge in [-0.15, -0.1) is 0 Å². The molecule has 2 unspecified atom stereocenters. The second-order valence-corrected chi connectivity index (χ2v) is 8.01. The fourth-order valence-electron chi connectivity index (χ4n) is 4.46. The molecule has 3 nitrogen and oxygen atoms in total. The van der Waals surface area contributed by atoms with Crippen molar-refractivity contribution in [2.45, 2.75) is 44.1 Å². The maximum atomic E-state index is 12.9. The molecule has 2 aliphatic rings. The van der Waals surface area contributed by atoms with Crippen molar-refractivity contribution >= 4 is 5.78 Å². The molecular formula is C23H24F3NO2. The summed E-state index contributed by atoms with van der Waals surface area (Å²) in [5, 5.41) is 0. The number of carbonyl (C=O) groups is 1. The van der Waals surface area contributed by atoms with Crippen LogP contribution >= 0.6 is 0 Å². The number of hydrogen-bond acceptors (Lipinski definition) is 3. The van der Waals surface area contributed by atoms with Gasteiger partial charge in [0, 0.05) is 31.0 Å². The number of rotatable bonds is 5. The molecule has 2 fully saturated rings. The van der Waals surface area contributed by atoms with Crippen molar-refractivity contribution in [2.24, 2.45) is 5.92 Å². The highest BCUT2D eigenvalue weighted by molar-refractivity contribution is 5.83. The minimum absolute atomic E-state index is 0.0665. The molecule has 2 heterocycles. The molecular weight excluding hydrogens is 379 g/mol. The van der Waals surface area contributed by atoms with Crippen molar-refractivity contribution in [2.75, 3.05) is 13.2 Å². The van der Waals surface area contributed by atoms with E-state index in [1.54, 1.807) is 0 Å². The topological polar surface area (TPSA) is 29.5 Å². The van der Waals surface area contributed by atoms with Gasteiger partial charge in [-0.3, -0.25) is 9.69 Å². The van der Waals surface area contributed by atoms with Gasteiger partial charge in [0.05, 0.1) is 18.8 Å². The number of Topliss-reactive ketones (excluding diaryl/α,β-unsaturated/α-hetero) is 1. The molecule has 29 heavy (non-hydrogen) atoms. The summed E-state index contributed by atoms with van der Waals surface area (Å²) in [5.41, 5.74) is 1.20. The highest BCUT2D eigenvalue weighted by Gasteiger charge is 2.41. The van der Waals surface area contributed by atoms with E-state index in [1.807, 2.05) is 18.2 Å². The lowest BCUT2D eigenvalue weighted by Gasteiger charge is -2.48. The average molecular weight is 403 g/mol. The van der Waals surface area contributed by atoms with Gasteiger partial charge in [-0.25, -0.2) is 0 Å². The van der Waals surface area contributed by atoms with Crippen LogP contribution in [0.25, 0.3) is 0 Å². The van der Waals surface area contributed by atoms with Crippen molar-refractivity contribution in [1.82, 2.24) is 4.90 Å².